The molecule has 11 heteroatoms. The highest BCUT2D eigenvalue weighted by Crippen LogP contribution is 2.34. The predicted molar refractivity (Wildman–Crippen MR) is 68.5 cm³/mol. The van der Waals surface area contributed by atoms with Crippen LogP contribution >= 0.6 is 11.6 Å². The SMILES string of the molecule is C[C@H](O)[C@@H]1NO[C@](O)(Nc2ncc(C(F)(F)F)cc2Cl)[C@@H]1O. The first-order valence-electron chi connectivity index (χ1n) is 6.07. The van der Waals surface area contributed by atoms with Crippen LogP contribution < -0.4 is 10.8 Å². The first-order valence-corrected chi connectivity index (χ1v) is 6.45. The fraction of sp³-hybridized carbons (Fsp3) is 0.545. The summed E-state index contributed by atoms with van der Waals surface area (Å²) in [5, 5.41) is 31.2. The quantitative estimate of drug-likeness (QED) is 0.507. The third-order valence-electron chi connectivity index (χ3n) is 3.08. The van der Waals surface area contributed by atoms with Gasteiger partial charge in [-0.1, -0.05) is 11.6 Å². The van der Waals surface area contributed by atoms with Crippen LogP contribution in [0.1, 0.15) is 12.5 Å². The summed E-state index contributed by atoms with van der Waals surface area (Å²) in [5.41, 5.74) is 1.14. The molecule has 0 spiro atoms. The van der Waals surface area contributed by atoms with Gasteiger partial charge in [0.05, 0.1) is 22.7 Å². The summed E-state index contributed by atoms with van der Waals surface area (Å²) >= 11 is 5.68. The van der Waals surface area contributed by atoms with Crippen LogP contribution in [0, 0.1) is 0 Å². The van der Waals surface area contributed by atoms with E-state index in [4.69, 9.17) is 16.4 Å². The van der Waals surface area contributed by atoms with Crippen LogP contribution in [0.2, 0.25) is 5.02 Å². The largest absolute Gasteiger partial charge is 0.417 e. The third kappa shape index (κ3) is 3.26. The Bertz CT molecular complexity index is 560. The lowest BCUT2D eigenvalue weighted by Crippen LogP contribution is -2.51. The molecule has 1 aliphatic heterocycles. The molecule has 2 heterocycles. The number of aliphatic hydroxyl groups is 3. The number of aliphatic hydroxyl groups excluding tert-OH is 2. The first-order chi connectivity index (χ1) is 10.0. The van der Waals surface area contributed by atoms with Crippen molar-refractivity contribution in [3.63, 3.8) is 0 Å². The molecule has 1 fully saturated rings. The summed E-state index contributed by atoms with van der Waals surface area (Å²) in [6.45, 7) is 1.35. The molecule has 124 valence electrons. The van der Waals surface area contributed by atoms with Crippen LogP contribution in [0.5, 0.6) is 0 Å². The Morgan fingerprint density at radius 2 is 2.18 bits per heavy atom. The molecule has 4 atom stereocenters. The number of hydrogen-bond donors (Lipinski definition) is 5. The summed E-state index contributed by atoms with van der Waals surface area (Å²) in [6, 6.07) is -0.410. The van der Waals surface area contributed by atoms with E-state index in [-0.39, 0.29) is 5.82 Å². The van der Waals surface area contributed by atoms with E-state index in [1.54, 1.807) is 0 Å². The van der Waals surface area contributed by atoms with Crippen molar-refractivity contribution in [2.24, 2.45) is 0 Å². The number of halogens is 4. The molecule has 0 aromatic carbocycles. The van der Waals surface area contributed by atoms with Crippen LogP contribution in [0.25, 0.3) is 0 Å². The van der Waals surface area contributed by atoms with E-state index in [9.17, 15) is 28.5 Å². The Labute approximate surface area is 127 Å². The second-order valence-corrected chi connectivity index (χ2v) is 5.21. The van der Waals surface area contributed by atoms with Crippen molar-refractivity contribution in [2.75, 3.05) is 5.32 Å². The van der Waals surface area contributed by atoms with Crippen molar-refractivity contribution in [3.05, 3.63) is 22.8 Å². The van der Waals surface area contributed by atoms with Crippen molar-refractivity contribution in [1.29, 1.82) is 0 Å². The number of hydrogen-bond acceptors (Lipinski definition) is 7. The lowest BCUT2D eigenvalue weighted by molar-refractivity contribution is -0.213. The maximum atomic E-state index is 12.5. The number of anilines is 1. The van der Waals surface area contributed by atoms with Crippen molar-refractivity contribution in [2.45, 2.75) is 37.3 Å². The van der Waals surface area contributed by atoms with Gasteiger partial charge in [-0.2, -0.15) is 18.7 Å². The summed E-state index contributed by atoms with van der Waals surface area (Å²) in [5.74, 6) is -2.75. The molecule has 2 rings (SSSR count). The second kappa shape index (κ2) is 5.80. The Balaban J connectivity index is 2.21. The molecule has 1 aromatic heterocycles. The van der Waals surface area contributed by atoms with Crippen LogP contribution in [0.15, 0.2) is 12.3 Å². The summed E-state index contributed by atoms with van der Waals surface area (Å²) in [4.78, 5) is 8.20. The summed E-state index contributed by atoms with van der Waals surface area (Å²) in [7, 11) is 0. The molecule has 0 unspecified atom stereocenters. The molecule has 1 aliphatic rings. The molecule has 22 heavy (non-hydrogen) atoms. The normalized spacial score (nSPS) is 30.4. The van der Waals surface area contributed by atoms with E-state index >= 15 is 0 Å². The zero-order valence-corrected chi connectivity index (χ0v) is 11.9. The van der Waals surface area contributed by atoms with Gasteiger partial charge in [0.25, 0.3) is 5.91 Å². The van der Waals surface area contributed by atoms with E-state index in [1.807, 2.05) is 0 Å². The van der Waals surface area contributed by atoms with Crippen LogP contribution in [0.3, 0.4) is 0 Å². The summed E-state index contributed by atoms with van der Waals surface area (Å²) < 4.78 is 37.5. The van der Waals surface area contributed by atoms with Gasteiger partial charge in [0.15, 0.2) is 0 Å². The molecular weight excluding hydrogens is 331 g/mol. The minimum atomic E-state index is -4.62. The third-order valence-corrected chi connectivity index (χ3v) is 3.37. The molecule has 0 radical (unpaired) electrons. The van der Waals surface area contributed by atoms with E-state index in [0.717, 1.165) is 0 Å². The molecule has 0 amide bonds. The molecule has 0 saturated carbocycles. The zero-order chi connectivity index (χ0) is 16.7. The average Bonchev–Trinajstić information content (AvgIpc) is 2.67. The monoisotopic (exact) mass is 343 g/mol. The van der Waals surface area contributed by atoms with Crippen LogP contribution in [0.4, 0.5) is 19.0 Å². The van der Waals surface area contributed by atoms with E-state index < -0.39 is 40.9 Å². The topological polar surface area (TPSA) is 107 Å². The maximum absolute atomic E-state index is 12.5. The Morgan fingerprint density at radius 1 is 1.55 bits per heavy atom. The number of aromatic nitrogens is 1. The van der Waals surface area contributed by atoms with Gasteiger partial charge >= 0.3 is 6.18 Å². The molecule has 7 nitrogen and oxygen atoms in total. The molecule has 5 N–H and O–H groups in total. The smallest absolute Gasteiger partial charge is 0.392 e. The van der Waals surface area contributed by atoms with Crippen molar-refractivity contribution >= 4 is 17.4 Å². The highest BCUT2D eigenvalue weighted by Gasteiger charge is 2.51. The number of rotatable bonds is 3. The minimum Gasteiger partial charge on any atom is -0.392 e. The van der Waals surface area contributed by atoms with Crippen molar-refractivity contribution < 1.29 is 33.3 Å². The average molecular weight is 344 g/mol. The minimum absolute atomic E-state index is 0.329. The first kappa shape index (κ1) is 17.2. The molecule has 1 saturated heterocycles. The van der Waals surface area contributed by atoms with Crippen LogP contribution in [-0.4, -0.2) is 44.5 Å². The van der Waals surface area contributed by atoms with Gasteiger partial charge in [0.2, 0.25) is 0 Å². The fourth-order valence-corrected chi connectivity index (χ4v) is 2.06. The van der Waals surface area contributed by atoms with Crippen LogP contribution in [-0.2, 0) is 11.0 Å². The number of alkyl halides is 3. The highest BCUT2D eigenvalue weighted by atomic mass is 35.5. The molecular formula is C11H13ClF3N3O4. The Kier molecular flexibility index (Phi) is 4.53. The highest BCUT2D eigenvalue weighted by molar-refractivity contribution is 6.33. The van der Waals surface area contributed by atoms with E-state index in [0.29, 0.717) is 12.3 Å². The number of pyridine rings is 1. The molecule has 0 bridgehead atoms. The van der Waals surface area contributed by atoms with Gasteiger partial charge in [-0.25, -0.2) is 9.82 Å². The Morgan fingerprint density at radius 3 is 2.64 bits per heavy atom. The van der Waals surface area contributed by atoms with E-state index in [1.165, 1.54) is 6.92 Å². The van der Waals surface area contributed by atoms with E-state index in [2.05, 4.69) is 15.8 Å². The zero-order valence-electron chi connectivity index (χ0n) is 11.1. The maximum Gasteiger partial charge on any atom is 0.417 e. The van der Waals surface area contributed by atoms with Gasteiger partial charge in [-0.3, -0.25) is 0 Å². The summed E-state index contributed by atoms with van der Waals surface area (Å²) in [6.07, 6.45) is -6.80. The molecule has 1 aromatic rings. The van der Waals surface area contributed by atoms with Gasteiger partial charge in [0, 0.05) is 6.20 Å². The second-order valence-electron chi connectivity index (χ2n) is 4.80. The van der Waals surface area contributed by atoms with Gasteiger partial charge in [-0.05, 0) is 13.0 Å². The standard InChI is InChI=1S/C11H13ClF3N3O4/c1-4(19)7-8(20)11(21,22-18-7)17-9-6(12)2-5(3-16-9)10(13,14)15/h2-4,7-8,18-21H,1H3,(H,16,17)/t4-,7-,8+,11-/m0/s1. The number of hydroxylamine groups is 1. The fourth-order valence-electron chi connectivity index (χ4n) is 1.84. The lowest BCUT2D eigenvalue weighted by atomic mass is 10.1. The van der Waals surface area contributed by atoms with Crippen molar-refractivity contribution in [3.8, 4) is 0 Å². The van der Waals surface area contributed by atoms with Crippen molar-refractivity contribution in [1.82, 2.24) is 10.5 Å². The van der Waals surface area contributed by atoms with Gasteiger partial charge < -0.3 is 20.6 Å². The predicted octanol–water partition coefficient (Wildman–Crippen LogP) is 0.457. The lowest BCUT2D eigenvalue weighted by Gasteiger charge is -2.27. The number of nitrogens with zero attached hydrogens (tertiary/aromatic N) is 1. The van der Waals surface area contributed by atoms with Gasteiger partial charge in [0.1, 0.15) is 11.9 Å². The Hall–Kier alpha value is -1.17. The number of nitrogens with one attached hydrogen (secondary N) is 2. The van der Waals surface area contributed by atoms with Gasteiger partial charge in [-0.15, -0.1) is 0 Å². The molecule has 0 aliphatic carbocycles.